The van der Waals surface area contributed by atoms with Gasteiger partial charge >= 0.3 is 6.09 Å². The van der Waals surface area contributed by atoms with Crippen molar-refractivity contribution in [2.24, 2.45) is 0 Å². The van der Waals surface area contributed by atoms with Gasteiger partial charge in [0.15, 0.2) is 0 Å². The number of carbonyl (C=O) groups is 1. The lowest BCUT2D eigenvalue weighted by Crippen LogP contribution is -2.33. The Kier molecular flexibility index (Phi) is 2.59. The van der Waals surface area contributed by atoms with Crippen molar-refractivity contribution in [3.63, 3.8) is 0 Å². The molecule has 0 aliphatic carbocycles. The minimum absolute atomic E-state index is 0.164. The van der Waals surface area contributed by atoms with Gasteiger partial charge in [-0.25, -0.2) is 4.79 Å². The number of rotatable bonds is 1. The number of nitrogens with one attached hydrogen (secondary N) is 1. The Labute approximate surface area is 87.0 Å². The fraction of sp³-hybridized carbons (Fsp3) is 0.300. The van der Waals surface area contributed by atoms with Crippen molar-refractivity contribution in [3.05, 3.63) is 34.9 Å². The first-order valence-corrected chi connectivity index (χ1v) is 4.83. The summed E-state index contributed by atoms with van der Waals surface area (Å²) in [5.41, 5.74) is 0.951. The van der Waals surface area contributed by atoms with Crippen LogP contribution in [0.25, 0.3) is 0 Å². The Balaban J connectivity index is 2.17. The van der Waals surface area contributed by atoms with Crippen molar-refractivity contribution < 1.29 is 9.53 Å². The largest absolute Gasteiger partial charge is 0.441 e. The van der Waals surface area contributed by atoms with E-state index in [1.807, 2.05) is 18.2 Å². The molecule has 1 aromatic rings. The van der Waals surface area contributed by atoms with Crippen molar-refractivity contribution >= 4 is 17.7 Å². The van der Waals surface area contributed by atoms with Gasteiger partial charge in [0, 0.05) is 18.0 Å². The number of amides is 1. The van der Waals surface area contributed by atoms with Gasteiger partial charge in [-0.2, -0.15) is 0 Å². The minimum atomic E-state index is -0.360. The summed E-state index contributed by atoms with van der Waals surface area (Å²) in [7, 11) is 0. The standard InChI is InChI=1S/C10H10ClNO2/c11-8-3-1-2-7(6-8)9-4-5-12-10(13)14-9/h1-3,6,9H,4-5H2,(H,12,13). The summed E-state index contributed by atoms with van der Waals surface area (Å²) in [6.07, 6.45) is 0.259. The van der Waals surface area contributed by atoms with Crippen LogP contribution in [0, 0.1) is 0 Å². The fourth-order valence-electron chi connectivity index (χ4n) is 1.48. The van der Waals surface area contributed by atoms with Crippen LogP contribution < -0.4 is 5.32 Å². The van der Waals surface area contributed by atoms with Gasteiger partial charge in [-0.1, -0.05) is 23.7 Å². The topological polar surface area (TPSA) is 38.3 Å². The summed E-state index contributed by atoms with van der Waals surface area (Å²) >= 11 is 5.84. The summed E-state index contributed by atoms with van der Waals surface area (Å²) in [6.45, 7) is 0.649. The van der Waals surface area contributed by atoms with E-state index in [9.17, 15) is 4.79 Å². The molecule has 1 heterocycles. The third kappa shape index (κ3) is 1.99. The molecule has 0 bridgehead atoms. The zero-order valence-electron chi connectivity index (χ0n) is 7.50. The molecule has 1 atom stereocenters. The van der Waals surface area contributed by atoms with Crippen LogP contribution in [0.1, 0.15) is 18.1 Å². The molecule has 4 heteroatoms. The molecular weight excluding hydrogens is 202 g/mol. The van der Waals surface area contributed by atoms with Gasteiger partial charge in [-0.3, -0.25) is 0 Å². The number of alkyl carbamates (subject to hydrolysis) is 1. The first kappa shape index (κ1) is 9.34. The molecule has 1 saturated heterocycles. The summed E-state index contributed by atoms with van der Waals surface area (Å²) in [5, 5.41) is 3.27. The molecule has 2 rings (SSSR count). The zero-order valence-corrected chi connectivity index (χ0v) is 8.25. The quantitative estimate of drug-likeness (QED) is 0.775. The molecule has 3 nitrogen and oxygen atoms in total. The molecule has 14 heavy (non-hydrogen) atoms. The Hall–Kier alpha value is -1.22. The Morgan fingerprint density at radius 1 is 1.50 bits per heavy atom. The lowest BCUT2D eigenvalue weighted by atomic mass is 10.1. The van der Waals surface area contributed by atoms with E-state index in [-0.39, 0.29) is 12.2 Å². The predicted molar refractivity (Wildman–Crippen MR) is 53.3 cm³/mol. The van der Waals surface area contributed by atoms with E-state index < -0.39 is 0 Å². The third-order valence-electron chi connectivity index (χ3n) is 2.15. The highest BCUT2D eigenvalue weighted by Gasteiger charge is 2.21. The average molecular weight is 212 g/mol. The number of hydrogen-bond donors (Lipinski definition) is 1. The normalized spacial score (nSPS) is 21.2. The second-order valence-electron chi connectivity index (χ2n) is 3.16. The first-order valence-electron chi connectivity index (χ1n) is 4.45. The second-order valence-corrected chi connectivity index (χ2v) is 3.60. The number of ether oxygens (including phenoxy) is 1. The van der Waals surface area contributed by atoms with Gasteiger partial charge in [0.25, 0.3) is 0 Å². The van der Waals surface area contributed by atoms with E-state index >= 15 is 0 Å². The highest BCUT2D eigenvalue weighted by Crippen LogP contribution is 2.25. The van der Waals surface area contributed by atoms with Crippen molar-refractivity contribution in [2.45, 2.75) is 12.5 Å². The van der Waals surface area contributed by atoms with Crippen molar-refractivity contribution in [2.75, 3.05) is 6.54 Å². The van der Waals surface area contributed by atoms with Crippen LogP contribution in [-0.2, 0) is 4.74 Å². The molecule has 1 aliphatic heterocycles. The highest BCUT2D eigenvalue weighted by molar-refractivity contribution is 6.30. The van der Waals surface area contributed by atoms with Gasteiger partial charge < -0.3 is 10.1 Å². The van der Waals surface area contributed by atoms with Gasteiger partial charge in [0.1, 0.15) is 6.10 Å². The van der Waals surface area contributed by atoms with Crippen LogP contribution in [0.2, 0.25) is 5.02 Å². The molecule has 1 aliphatic rings. The molecule has 0 radical (unpaired) electrons. The number of benzene rings is 1. The molecule has 74 valence electrons. The molecule has 0 spiro atoms. The molecule has 0 aromatic heterocycles. The van der Waals surface area contributed by atoms with Crippen LogP contribution in [0.3, 0.4) is 0 Å². The Morgan fingerprint density at radius 2 is 2.36 bits per heavy atom. The van der Waals surface area contributed by atoms with E-state index in [1.165, 1.54) is 0 Å². The predicted octanol–water partition coefficient (Wildman–Crippen LogP) is 2.51. The molecule has 0 saturated carbocycles. The maximum atomic E-state index is 11.0. The van der Waals surface area contributed by atoms with Crippen LogP contribution in [0.5, 0.6) is 0 Å². The van der Waals surface area contributed by atoms with Crippen molar-refractivity contribution in [3.8, 4) is 0 Å². The highest BCUT2D eigenvalue weighted by atomic mass is 35.5. The summed E-state index contributed by atoms with van der Waals surface area (Å²) in [4.78, 5) is 11.0. The van der Waals surface area contributed by atoms with E-state index in [1.54, 1.807) is 6.07 Å². The minimum Gasteiger partial charge on any atom is -0.441 e. The van der Waals surface area contributed by atoms with Gasteiger partial charge in [0.2, 0.25) is 0 Å². The molecule has 1 amide bonds. The molecule has 1 fully saturated rings. The van der Waals surface area contributed by atoms with Crippen LogP contribution >= 0.6 is 11.6 Å². The SMILES string of the molecule is O=C1NCCC(c2cccc(Cl)c2)O1. The summed E-state index contributed by atoms with van der Waals surface area (Å²) < 4.78 is 5.12. The van der Waals surface area contributed by atoms with E-state index in [2.05, 4.69) is 5.32 Å². The van der Waals surface area contributed by atoms with E-state index in [4.69, 9.17) is 16.3 Å². The van der Waals surface area contributed by atoms with E-state index in [0.717, 1.165) is 12.0 Å². The van der Waals surface area contributed by atoms with E-state index in [0.29, 0.717) is 11.6 Å². The molecule has 1 aromatic carbocycles. The lowest BCUT2D eigenvalue weighted by Gasteiger charge is -2.23. The maximum absolute atomic E-state index is 11.0. The smallest absolute Gasteiger partial charge is 0.407 e. The van der Waals surface area contributed by atoms with Crippen LogP contribution in [-0.4, -0.2) is 12.6 Å². The number of carbonyl (C=O) groups excluding carboxylic acids is 1. The fourth-order valence-corrected chi connectivity index (χ4v) is 1.68. The number of cyclic esters (lactones) is 1. The summed E-state index contributed by atoms with van der Waals surface area (Å²) in [5.74, 6) is 0. The van der Waals surface area contributed by atoms with Crippen molar-refractivity contribution in [1.82, 2.24) is 5.32 Å². The Morgan fingerprint density at radius 3 is 3.07 bits per heavy atom. The second kappa shape index (κ2) is 3.88. The monoisotopic (exact) mass is 211 g/mol. The summed E-state index contributed by atoms with van der Waals surface area (Å²) in [6, 6.07) is 7.39. The van der Waals surface area contributed by atoms with Crippen LogP contribution in [0.4, 0.5) is 4.79 Å². The zero-order chi connectivity index (χ0) is 9.97. The van der Waals surface area contributed by atoms with Gasteiger partial charge in [-0.05, 0) is 17.7 Å². The third-order valence-corrected chi connectivity index (χ3v) is 2.38. The number of halogens is 1. The first-order chi connectivity index (χ1) is 6.75. The Bertz CT molecular complexity index is 354. The van der Waals surface area contributed by atoms with Crippen molar-refractivity contribution in [1.29, 1.82) is 0 Å². The average Bonchev–Trinajstić information content (AvgIpc) is 2.18. The number of hydrogen-bond acceptors (Lipinski definition) is 2. The molecule has 1 unspecified atom stereocenters. The lowest BCUT2D eigenvalue weighted by molar-refractivity contribution is 0.0739. The van der Waals surface area contributed by atoms with Gasteiger partial charge in [0.05, 0.1) is 0 Å². The van der Waals surface area contributed by atoms with Gasteiger partial charge in [-0.15, -0.1) is 0 Å². The molecule has 1 N–H and O–H groups in total. The van der Waals surface area contributed by atoms with Crippen LogP contribution in [0.15, 0.2) is 24.3 Å². The maximum Gasteiger partial charge on any atom is 0.407 e. The molecular formula is C10H10ClNO2.